The van der Waals surface area contributed by atoms with Gasteiger partial charge in [-0.15, -0.1) is 0 Å². The fourth-order valence-corrected chi connectivity index (χ4v) is 2.01. The number of rotatable bonds is 1. The zero-order valence-corrected chi connectivity index (χ0v) is 8.19. The maximum atomic E-state index is 2.55. The molecule has 1 rings (SSSR count). The lowest BCUT2D eigenvalue weighted by atomic mass is 9.78. The molecule has 1 saturated carbocycles. The van der Waals surface area contributed by atoms with Crippen molar-refractivity contribution in [3.05, 3.63) is 6.42 Å². The molecule has 0 aromatic heterocycles. The highest BCUT2D eigenvalue weighted by molar-refractivity contribution is 4.88. The minimum atomic E-state index is 0.433. The molecule has 0 heterocycles. The van der Waals surface area contributed by atoms with E-state index in [9.17, 15) is 0 Å². The van der Waals surface area contributed by atoms with Gasteiger partial charge < -0.3 is 0 Å². The summed E-state index contributed by atoms with van der Waals surface area (Å²) in [5.41, 5.74) is 0.433. The van der Waals surface area contributed by atoms with E-state index in [4.69, 9.17) is 0 Å². The second-order valence-electron chi connectivity index (χ2n) is 4.93. The Balaban J connectivity index is 2.24. The van der Waals surface area contributed by atoms with Crippen molar-refractivity contribution in [2.45, 2.75) is 52.9 Å². The second kappa shape index (κ2) is 3.60. The molecule has 11 heavy (non-hydrogen) atoms. The molecule has 1 aliphatic carbocycles. The molecule has 0 aliphatic heterocycles. The van der Waals surface area contributed by atoms with Crippen molar-refractivity contribution in [2.75, 3.05) is 0 Å². The number of hydrogen-bond acceptors (Lipinski definition) is 0. The van der Waals surface area contributed by atoms with Gasteiger partial charge in [0, 0.05) is 0 Å². The predicted octanol–water partition coefficient (Wildman–Crippen LogP) is 3.82. The average molecular weight is 153 g/mol. The summed E-state index contributed by atoms with van der Waals surface area (Å²) >= 11 is 0. The molecule has 1 fully saturated rings. The Hall–Kier alpha value is 0. The van der Waals surface area contributed by atoms with E-state index in [1.54, 1.807) is 0 Å². The van der Waals surface area contributed by atoms with Crippen LogP contribution in [0.25, 0.3) is 0 Å². The van der Waals surface area contributed by atoms with Gasteiger partial charge in [-0.05, 0) is 17.8 Å². The molecule has 1 aliphatic rings. The highest BCUT2D eigenvalue weighted by Crippen LogP contribution is 2.32. The smallest absolute Gasteiger partial charge is 0.0301 e. The first-order chi connectivity index (χ1) is 5.08. The summed E-state index contributed by atoms with van der Waals surface area (Å²) in [4.78, 5) is 0. The summed E-state index contributed by atoms with van der Waals surface area (Å²) < 4.78 is 0. The molecule has 1 radical (unpaired) electrons. The quantitative estimate of drug-likeness (QED) is 0.537. The van der Waals surface area contributed by atoms with Crippen LogP contribution >= 0.6 is 0 Å². The van der Waals surface area contributed by atoms with E-state index in [2.05, 4.69) is 27.2 Å². The van der Waals surface area contributed by atoms with Crippen LogP contribution in [0.1, 0.15) is 52.9 Å². The van der Waals surface area contributed by atoms with Crippen LogP contribution in [0.3, 0.4) is 0 Å². The molecular weight excluding hydrogens is 132 g/mol. The van der Waals surface area contributed by atoms with Crippen LogP contribution in [0.2, 0.25) is 0 Å². The van der Waals surface area contributed by atoms with Gasteiger partial charge in [0.2, 0.25) is 0 Å². The Labute approximate surface area is 71.4 Å². The Morgan fingerprint density at radius 3 is 2.00 bits per heavy atom. The van der Waals surface area contributed by atoms with Crippen LogP contribution in [0, 0.1) is 17.8 Å². The first kappa shape index (κ1) is 9.09. The van der Waals surface area contributed by atoms with Crippen LogP contribution in [0.5, 0.6) is 0 Å². The van der Waals surface area contributed by atoms with Crippen LogP contribution in [-0.4, -0.2) is 0 Å². The van der Waals surface area contributed by atoms with Crippen molar-refractivity contribution in [2.24, 2.45) is 11.3 Å². The molecule has 0 N–H and O–H groups in total. The second-order valence-corrected chi connectivity index (χ2v) is 4.93. The molecule has 0 bridgehead atoms. The van der Waals surface area contributed by atoms with Crippen molar-refractivity contribution in [3.63, 3.8) is 0 Å². The standard InChI is InChI=1S/C11H21/c1-11(2,3)9-10-7-5-4-6-8-10/h9-10H,4-8H2,1-3H3. The normalized spacial score (nSPS) is 22.1. The van der Waals surface area contributed by atoms with Crippen LogP contribution in [0.4, 0.5) is 0 Å². The first-order valence-electron chi connectivity index (χ1n) is 4.94. The van der Waals surface area contributed by atoms with E-state index < -0.39 is 0 Å². The molecule has 0 aromatic rings. The van der Waals surface area contributed by atoms with Crippen LogP contribution in [0.15, 0.2) is 0 Å². The summed E-state index contributed by atoms with van der Waals surface area (Å²) in [6, 6.07) is 0. The summed E-state index contributed by atoms with van der Waals surface area (Å²) in [5.74, 6) is 0.920. The van der Waals surface area contributed by atoms with E-state index in [0.29, 0.717) is 5.41 Å². The monoisotopic (exact) mass is 153 g/mol. The van der Waals surface area contributed by atoms with Crippen molar-refractivity contribution >= 4 is 0 Å². The zero-order chi connectivity index (χ0) is 8.32. The van der Waals surface area contributed by atoms with Crippen molar-refractivity contribution in [1.82, 2.24) is 0 Å². The third kappa shape index (κ3) is 3.79. The fourth-order valence-electron chi connectivity index (χ4n) is 2.01. The Morgan fingerprint density at radius 2 is 1.55 bits per heavy atom. The molecule has 0 unspecified atom stereocenters. The van der Waals surface area contributed by atoms with Crippen LogP contribution in [-0.2, 0) is 0 Å². The maximum Gasteiger partial charge on any atom is -0.0301 e. The molecule has 0 heteroatoms. The minimum Gasteiger partial charge on any atom is -0.0599 e. The lowest BCUT2D eigenvalue weighted by Crippen LogP contribution is -2.16. The fraction of sp³-hybridized carbons (Fsp3) is 0.909. The van der Waals surface area contributed by atoms with E-state index >= 15 is 0 Å². The van der Waals surface area contributed by atoms with Crippen molar-refractivity contribution in [1.29, 1.82) is 0 Å². The van der Waals surface area contributed by atoms with E-state index in [1.165, 1.54) is 32.1 Å². The van der Waals surface area contributed by atoms with Gasteiger partial charge in [0.05, 0.1) is 0 Å². The van der Waals surface area contributed by atoms with Crippen molar-refractivity contribution in [3.8, 4) is 0 Å². The third-order valence-electron chi connectivity index (χ3n) is 2.39. The lowest BCUT2D eigenvalue weighted by molar-refractivity contribution is 0.330. The summed E-state index contributed by atoms with van der Waals surface area (Å²) in [6.07, 6.45) is 9.81. The number of hydrogen-bond donors (Lipinski definition) is 0. The zero-order valence-electron chi connectivity index (χ0n) is 8.19. The van der Waals surface area contributed by atoms with E-state index in [1.807, 2.05) is 0 Å². The molecule has 0 aromatic carbocycles. The maximum absolute atomic E-state index is 2.55. The Bertz CT molecular complexity index is 102. The molecule has 0 spiro atoms. The van der Waals surface area contributed by atoms with Crippen molar-refractivity contribution < 1.29 is 0 Å². The molecule has 0 nitrogen and oxygen atoms in total. The molecular formula is C11H21. The van der Waals surface area contributed by atoms with Gasteiger partial charge in [-0.25, -0.2) is 0 Å². The summed E-state index contributed by atoms with van der Waals surface area (Å²) in [6.45, 7) is 6.92. The minimum absolute atomic E-state index is 0.433. The first-order valence-corrected chi connectivity index (χ1v) is 4.94. The third-order valence-corrected chi connectivity index (χ3v) is 2.39. The highest BCUT2D eigenvalue weighted by Gasteiger charge is 2.20. The topological polar surface area (TPSA) is 0 Å². The molecule has 0 amide bonds. The Kier molecular flexibility index (Phi) is 2.98. The summed E-state index contributed by atoms with van der Waals surface area (Å²) in [5, 5.41) is 0. The molecule has 0 saturated heterocycles. The van der Waals surface area contributed by atoms with Gasteiger partial charge in [0.15, 0.2) is 0 Å². The summed E-state index contributed by atoms with van der Waals surface area (Å²) in [7, 11) is 0. The van der Waals surface area contributed by atoms with Gasteiger partial charge in [0.1, 0.15) is 0 Å². The van der Waals surface area contributed by atoms with Gasteiger partial charge in [-0.1, -0.05) is 52.9 Å². The van der Waals surface area contributed by atoms with Gasteiger partial charge in [0.25, 0.3) is 0 Å². The SMILES string of the molecule is CC(C)(C)[CH]C1CCCCC1. The van der Waals surface area contributed by atoms with Gasteiger partial charge in [-0.2, -0.15) is 0 Å². The molecule has 65 valence electrons. The van der Waals surface area contributed by atoms with Gasteiger partial charge in [-0.3, -0.25) is 0 Å². The van der Waals surface area contributed by atoms with Gasteiger partial charge >= 0.3 is 0 Å². The Morgan fingerprint density at radius 1 is 1.00 bits per heavy atom. The molecule has 0 atom stereocenters. The largest absolute Gasteiger partial charge is 0.0599 e. The average Bonchev–Trinajstić information content (AvgIpc) is 1.85. The highest BCUT2D eigenvalue weighted by atomic mass is 14.3. The van der Waals surface area contributed by atoms with E-state index in [-0.39, 0.29) is 0 Å². The van der Waals surface area contributed by atoms with E-state index in [0.717, 1.165) is 5.92 Å². The van der Waals surface area contributed by atoms with Crippen LogP contribution < -0.4 is 0 Å². The lowest BCUT2D eigenvalue weighted by Gasteiger charge is -2.28. The predicted molar refractivity (Wildman–Crippen MR) is 50.3 cm³/mol.